The van der Waals surface area contributed by atoms with Crippen LogP contribution in [-0.2, 0) is 4.43 Å². The fourth-order valence-electron chi connectivity index (χ4n) is 3.41. The number of aliphatic hydroxyl groups excluding tert-OH is 1. The van der Waals surface area contributed by atoms with Gasteiger partial charge in [0.1, 0.15) is 5.83 Å². The third kappa shape index (κ3) is 5.04. The van der Waals surface area contributed by atoms with Crippen molar-refractivity contribution in [2.45, 2.75) is 32.7 Å². The Bertz CT molecular complexity index is 738. The molecule has 1 N–H and O–H groups in total. The summed E-state index contributed by atoms with van der Waals surface area (Å²) in [5, 5.41) is 11.2. The zero-order valence-corrected chi connectivity index (χ0v) is 17.6. The van der Waals surface area contributed by atoms with Crippen molar-refractivity contribution in [3.8, 4) is 0 Å². The fraction of sp³-hybridized carbons (Fsp3) is 0.304. The average Bonchev–Trinajstić information content (AvgIpc) is 2.65. The highest BCUT2D eigenvalue weighted by Crippen LogP contribution is 2.36. The first kappa shape index (κ1) is 21.3. The van der Waals surface area contributed by atoms with E-state index in [1.165, 1.54) is 16.4 Å². The van der Waals surface area contributed by atoms with Crippen LogP contribution in [0, 0.1) is 0 Å². The monoisotopic (exact) mass is 384 g/mol. The largest absolute Gasteiger partial charge is 0.404 e. The van der Waals surface area contributed by atoms with E-state index in [4.69, 9.17) is 9.53 Å². The Morgan fingerprint density at radius 2 is 1.48 bits per heavy atom. The molecular weight excluding hydrogens is 355 g/mol. The molecule has 0 saturated heterocycles. The summed E-state index contributed by atoms with van der Waals surface area (Å²) in [7, 11) is -2.57. The van der Waals surface area contributed by atoms with E-state index in [0.29, 0.717) is 6.61 Å². The van der Waals surface area contributed by atoms with Crippen LogP contribution in [0.4, 0.5) is 4.39 Å². The average molecular weight is 385 g/mol. The van der Waals surface area contributed by atoms with Crippen LogP contribution in [0.1, 0.15) is 27.7 Å². The number of hydrogen-bond donors (Lipinski definition) is 1. The third-order valence-corrected chi connectivity index (χ3v) is 9.66. The van der Waals surface area contributed by atoms with Crippen molar-refractivity contribution in [1.82, 2.24) is 0 Å². The normalized spacial score (nSPS) is 13.7. The van der Waals surface area contributed by atoms with Gasteiger partial charge in [0.15, 0.2) is 0 Å². The lowest BCUT2D eigenvalue weighted by Gasteiger charge is -2.42. The van der Waals surface area contributed by atoms with E-state index in [-0.39, 0.29) is 5.04 Å². The molecule has 0 heterocycles. The van der Waals surface area contributed by atoms with Crippen molar-refractivity contribution >= 4 is 18.7 Å². The van der Waals surface area contributed by atoms with Gasteiger partial charge in [0.2, 0.25) is 0 Å². The van der Waals surface area contributed by atoms with Crippen molar-refractivity contribution in [2.24, 2.45) is 0 Å². The summed E-state index contributed by atoms with van der Waals surface area (Å²) in [6, 6.07) is 20.8. The van der Waals surface area contributed by atoms with Gasteiger partial charge >= 0.3 is 0 Å². The number of allylic oxidation sites excluding steroid dienone is 2. The summed E-state index contributed by atoms with van der Waals surface area (Å²) < 4.78 is 20.0. The molecule has 0 amide bonds. The van der Waals surface area contributed by atoms with Crippen molar-refractivity contribution in [2.75, 3.05) is 13.2 Å². The molecule has 2 aromatic rings. The molecule has 4 heteroatoms. The van der Waals surface area contributed by atoms with Crippen LogP contribution >= 0.6 is 0 Å². The van der Waals surface area contributed by atoms with E-state index in [1.807, 2.05) is 25.1 Å². The van der Waals surface area contributed by atoms with Crippen LogP contribution in [0.3, 0.4) is 0 Å². The fourth-order valence-corrected chi connectivity index (χ4v) is 7.90. The molecule has 0 aliphatic heterocycles. The van der Waals surface area contributed by atoms with E-state index >= 15 is 0 Å². The molecule has 2 nitrogen and oxygen atoms in total. The van der Waals surface area contributed by atoms with E-state index < -0.39 is 20.8 Å². The van der Waals surface area contributed by atoms with Gasteiger partial charge in [-0.3, -0.25) is 0 Å². The minimum atomic E-state index is -2.57. The molecule has 0 atom stereocenters. The molecule has 144 valence electrons. The molecule has 0 aliphatic rings. The molecule has 0 bridgehead atoms. The lowest BCUT2D eigenvalue weighted by atomic mass is 10.2. The number of aliphatic hydroxyl groups is 1. The Hall–Kier alpha value is -2.01. The van der Waals surface area contributed by atoms with Crippen molar-refractivity contribution < 1.29 is 13.9 Å². The van der Waals surface area contributed by atoms with Gasteiger partial charge in [0.05, 0.1) is 13.2 Å². The Balaban J connectivity index is 2.49. The van der Waals surface area contributed by atoms with Crippen LogP contribution in [0.25, 0.3) is 0 Å². The maximum atomic E-state index is 13.3. The molecule has 0 spiro atoms. The smallest absolute Gasteiger partial charge is 0.261 e. The van der Waals surface area contributed by atoms with Gasteiger partial charge in [0.25, 0.3) is 8.32 Å². The molecular formula is C23H29FO2Si. The molecule has 0 radical (unpaired) electrons. The van der Waals surface area contributed by atoms with E-state index in [1.54, 1.807) is 0 Å². The van der Waals surface area contributed by atoms with Gasteiger partial charge in [-0.2, -0.15) is 0 Å². The van der Waals surface area contributed by atoms with E-state index in [2.05, 4.69) is 69.3 Å². The van der Waals surface area contributed by atoms with Gasteiger partial charge in [-0.05, 0) is 28.4 Å². The van der Waals surface area contributed by atoms with Crippen LogP contribution in [0.5, 0.6) is 0 Å². The van der Waals surface area contributed by atoms with Gasteiger partial charge < -0.3 is 9.53 Å². The number of rotatable bonds is 7. The lowest BCUT2D eigenvalue weighted by molar-refractivity contribution is 0.298. The first-order chi connectivity index (χ1) is 12.8. The van der Waals surface area contributed by atoms with Crippen molar-refractivity contribution in [3.05, 3.63) is 84.2 Å². The summed E-state index contributed by atoms with van der Waals surface area (Å²) in [6.07, 6.45) is 3.21. The molecule has 0 unspecified atom stereocenters. The molecule has 0 fully saturated rings. The van der Waals surface area contributed by atoms with Crippen LogP contribution in [0.15, 0.2) is 84.2 Å². The molecule has 0 aromatic heterocycles. The maximum Gasteiger partial charge on any atom is 0.261 e. The van der Waals surface area contributed by atoms with E-state index in [0.717, 1.165) is 5.57 Å². The first-order valence-electron chi connectivity index (χ1n) is 9.20. The summed E-state index contributed by atoms with van der Waals surface area (Å²) in [5.74, 6) is -0.547. The van der Waals surface area contributed by atoms with Crippen LogP contribution in [-0.4, -0.2) is 26.6 Å². The Labute approximate surface area is 163 Å². The predicted octanol–water partition coefficient (Wildman–Crippen LogP) is 4.36. The predicted molar refractivity (Wildman–Crippen MR) is 114 cm³/mol. The Kier molecular flexibility index (Phi) is 7.31. The topological polar surface area (TPSA) is 29.5 Å². The summed E-state index contributed by atoms with van der Waals surface area (Å²) in [5.41, 5.74) is 0.736. The zero-order valence-electron chi connectivity index (χ0n) is 16.6. The first-order valence-corrected chi connectivity index (χ1v) is 11.1. The zero-order chi connectivity index (χ0) is 19.9. The maximum absolute atomic E-state index is 13.3. The molecule has 0 aliphatic carbocycles. The second-order valence-electron chi connectivity index (χ2n) is 7.67. The number of hydrogen-bond acceptors (Lipinski definition) is 2. The summed E-state index contributed by atoms with van der Waals surface area (Å²) in [6.45, 7) is 8.28. The van der Waals surface area contributed by atoms with Gasteiger partial charge in [-0.15, -0.1) is 0 Å². The lowest BCUT2D eigenvalue weighted by Crippen LogP contribution is -2.66. The van der Waals surface area contributed by atoms with Crippen LogP contribution < -0.4 is 10.4 Å². The molecule has 0 saturated carbocycles. The second-order valence-corrected chi connectivity index (χ2v) is 12.0. The molecule has 2 rings (SSSR count). The number of benzene rings is 2. The van der Waals surface area contributed by atoms with Gasteiger partial charge in [-0.25, -0.2) is 4.39 Å². The Morgan fingerprint density at radius 1 is 1.00 bits per heavy atom. The Morgan fingerprint density at radius 3 is 1.89 bits per heavy atom. The number of halogens is 1. The SMILES string of the molecule is CC(=C\CO[Si](c1ccccc1)(c1ccccc1)C(C)(C)C)/C=C(/F)CO. The van der Waals surface area contributed by atoms with Crippen LogP contribution in [0.2, 0.25) is 5.04 Å². The van der Waals surface area contributed by atoms with Crippen molar-refractivity contribution in [3.63, 3.8) is 0 Å². The second kappa shape index (κ2) is 9.26. The van der Waals surface area contributed by atoms with Gasteiger partial charge in [-0.1, -0.05) is 93.1 Å². The minimum absolute atomic E-state index is 0.0936. The highest BCUT2D eigenvalue weighted by molar-refractivity contribution is 6.99. The highest BCUT2D eigenvalue weighted by atomic mass is 28.4. The minimum Gasteiger partial charge on any atom is -0.404 e. The highest BCUT2D eigenvalue weighted by Gasteiger charge is 2.49. The van der Waals surface area contributed by atoms with Crippen molar-refractivity contribution in [1.29, 1.82) is 0 Å². The quantitative estimate of drug-likeness (QED) is 0.568. The molecule has 27 heavy (non-hydrogen) atoms. The van der Waals surface area contributed by atoms with E-state index in [9.17, 15) is 4.39 Å². The summed E-state index contributed by atoms with van der Waals surface area (Å²) in [4.78, 5) is 0. The molecule has 2 aromatic carbocycles. The summed E-state index contributed by atoms with van der Waals surface area (Å²) >= 11 is 0. The standard InChI is InChI=1S/C23H29FO2Si/c1-19(17-20(24)18-25)15-16-26-27(23(2,3)4,21-11-7-5-8-12-21)22-13-9-6-10-14-22/h5-15,17,25H,16,18H2,1-4H3/b19-15+,20-17+. The van der Waals surface area contributed by atoms with Gasteiger partial charge in [0, 0.05) is 0 Å². The third-order valence-electron chi connectivity index (χ3n) is 4.66.